The molecule has 32 heavy (non-hydrogen) atoms. The second kappa shape index (κ2) is 10.5. The average molecular weight is 427 g/mol. The van der Waals surface area contributed by atoms with Crippen LogP contribution in [0.15, 0.2) is 84.4 Å². The molecule has 0 aliphatic heterocycles. The number of carbonyl (C=O) groups excluding carboxylic acids is 1. The second-order valence-corrected chi connectivity index (χ2v) is 7.03. The van der Waals surface area contributed by atoms with Crippen LogP contribution in [0.1, 0.15) is 29.7 Å². The van der Waals surface area contributed by atoms with Crippen molar-refractivity contribution in [1.29, 1.82) is 5.26 Å². The third-order valence-electron chi connectivity index (χ3n) is 4.74. The summed E-state index contributed by atoms with van der Waals surface area (Å²) in [7, 11) is 0. The summed E-state index contributed by atoms with van der Waals surface area (Å²) in [6.45, 7) is 1.99. The molecule has 0 bridgehead atoms. The van der Waals surface area contributed by atoms with Gasteiger partial charge in [0.2, 0.25) is 0 Å². The molecule has 3 aromatic rings. The minimum Gasteiger partial charge on any atom is -0.482 e. The van der Waals surface area contributed by atoms with Crippen molar-refractivity contribution in [2.45, 2.75) is 19.6 Å². The van der Waals surface area contributed by atoms with Gasteiger partial charge in [-0.15, -0.1) is 0 Å². The first kappa shape index (κ1) is 22.2. The molecule has 0 unspecified atom stereocenters. The highest BCUT2D eigenvalue weighted by atomic mass is 16.6. The Balaban J connectivity index is 1.78. The van der Waals surface area contributed by atoms with Gasteiger partial charge in [0.05, 0.1) is 11.0 Å². The smallest absolute Gasteiger partial charge is 0.311 e. The number of nitriles is 1. The summed E-state index contributed by atoms with van der Waals surface area (Å²) in [5.41, 5.74) is 1.73. The van der Waals surface area contributed by atoms with Crippen LogP contribution in [0.25, 0.3) is 6.08 Å². The van der Waals surface area contributed by atoms with E-state index < -0.39 is 10.8 Å². The molecule has 0 saturated heterocycles. The molecule has 0 fully saturated rings. The van der Waals surface area contributed by atoms with Crippen molar-refractivity contribution < 1.29 is 14.5 Å². The van der Waals surface area contributed by atoms with E-state index in [1.165, 1.54) is 18.2 Å². The molecule has 7 heteroatoms. The molecule has 1 N–H and O–H groups in total. The van der Waals surface area contributed by atoms with E-state index in [1.54, 1.807) is 6.07 Å². The maximum absolute atomic E-state index is 12.5. The molecule has 160 valence electrons. The lowest BCUT2D eigenvalue weighted by atomic mass is 10.1. The maximum atomic E-state index is 12.5. The Hall–Kier alpha value is -4.44. The summed E-state index contributed by atoms with van der Waals surface area (Å²) in [6.07, 6.45) is 1.32. The van der Waals surface area contributed by atoms with Gasteiger partial charge in [-0.1, -0.05) is 66.7 Å². The number of benzene rings is 3. The monoisotopic (exact) mass is 427 g/mol. The molecule has 1 amide bonds. The minimum absolute atomic E-state index is 0.108. The molecular weight excluding hydrogens is 406 g/mol. The lowest BCUT2D eigenvalue weighted by Crippen LogP contribution is -2.27. The Labute approximate surface area is 185 Å². The molecule has 0 aliphatic rings. The molecule has 0 aromatic heterocycles. The molecule has 3 rings (SSSR count). The Morgan fingerprint density at radius 3 is 2.41 bits per heavy atom. The first-order chi connectivity index (χ1) is 15.5. The quantitative estimate of drug-likeness (QED) is 0.237. The van der Waals surface area contributed by atoms with Crippen LogP contribution in [0, 0.1) is 21.4 Å². The Morgan fingerprint density at radius 2 is 1.78 bits per heavy atom. The van der Waals surface area contributed by atoms with Crippen molar-refractivity contribution in [2.24, 2.45) is 0 Å². The van der Waals surface area contributed by atoms with Crippen LogP contribution in [-0.2, 0) is 11.4 Å². The molecule has 0 saturated carbocycles. The Kier molecular flexibility index (Phi) is 7.33. The predicted molar refractivity (Wildman–Crippen MR) is 120 cm³/mol. The van der Waals surface area contributed by atoms with Gasteiger partial charge >= 0.3 is 5.69 Å². The summed E-state index contributed by atoms with van der Waals surface area (Å²) < 4.78 is 5.61. The first-order valence-corrected chi connectivity index (χ1v) is 9.90. The zero-order valence-corrected chi connectivity index (χ0v) is 17.4. The fourth-order valence-corrected chi connectivity index (χ4v) is 3.04. The average Bonchev–Trinajstić information content (AvgIpc) is 2.82. The zero-order chi connectivity index (χ0) is 22.9. The fourth-order valence-electron chi connectivity index (χ4n) is 3.04. The highest BCUT2D eigenvalue weighted by Crippen LogP contribution is 2.29. The molecule has 0 radical (unpaired) electrons. The summed E-state index contributed by atoms with van der Waals surface area (Å²) in [5.74, 6) is -0.451. The van der Waals surface area contributed by atoms with E-state index in [0.29, 0.717) is 5.56 Å². The Bertz CT molecular complexity index is 1170. The van der Waals surface area contributed by atoms with E-state index in [-0.39, 0.29) is 29.7 Å². The van der Waals surface area contributed by atoms with Crippen LogP contribution < -0.4 is 10.1 Å². The normalized spacial score (nSPS) is 11.8. The van der Waals surface area contributed by atoms with Crippen molar-refractivity contribution in [3.63, 3.8) is 0 Å². The van der Waals surface area contributed by atoms with Gasteiger partial charge in [-0.3, -0.25) is 14.9 Å². The number of ether oxygens (including phenoxy) is 1. The van der Waals surface area contributed by atoms with E-state index in [9.17, 15) is 20.2 Å². The standard InChI is InChI=1S/C25H21N3O4/c1-18(21-10-6-3-7-11-21)27-25(29)22(16-26)14-20-12-13-24(23(15-20)28(30)31)32-17-19-8-4-2-5-9-19/h2-15,18H,17H2,1H3,(H,27,29)/b22-14-/t18-/m1/s1. The number of carbonyl (C=O) groups is 1. The molecule has 0 heterocycles. The number of nitrogens with one attached hydrogen (secondary N) is 1. The van der Waals surface area contributed by atoms with E-state index in [4.69, 9.17) is 4.74 Å². The van der Waals surface area contributed by atoms with Gasteiger partial charge in [0.1, 0.15) is 18.2 Å². The van der Waals surface area contributed by atoms with Crippen molar-refractivity contribution in [1.82, 2.24) is 5.32 Å². The third kappa shape index (κ3) is 5.80. The van der Waals surface area contributed by atoms with Crippen molar-refractivity contribution in [3.05, 3.63) is 111 Å². The van der Waals surface area contributed by atoms with E-state index >= 15 is 0 Å². The molecule has 1 atom stereocenters. The van der Waals surface area contributed by atoms with Crippen molar-refractivity contribution >= 4 is 17.7 Å². The van der Waals surface area contributed by atoms with Crippen molar-refractivity contribution in [3.8, 4) is 11.8 Å². The van der Waals surface area contributed by atoms with E-state index in [0.717, 1.165) is 11.1 Å². The number of hydrogen-bond donors (Lipinski definition) is 1. The van der Waals surface area contributed by atoms with Gasteiger partial charge in [0.15, 0.2) is 5.75 Å². The largest absolute Gasteiger partial charge is 0.482 e. The molecule has 0 spiro atoms. The molecule has 3 aromatic carbocycles. The van der Waals surface area contributed by atoms with Crippen LogP contribution >= 0.6 is 0 Å². The van der Waals surface area contributed by atoms with Gasteiger partial charge in [0.25, 0.3) is 5.91 Å². The van der Waals surface area contributed by atoms with Gasteiger partial charge < -0.3 is 10.1 Å². The summed E-state index contributed by atoms with van der Waals surface area (Å²) in [4.78, 5) is 23.5. The summed E-state index contributed by atoms with van der Waals surface area (Å²) >= 11 is 0. The number of nitro benzene ring substituents is 1. The zero-order valence-electron chi connectivity index (χ0n) is 17.4. The lowest BCUT2D eigenvalue weighted by molar-refractivity contribution is -0.386. The van der Waals surface area contributed by atoms with Crippen LogP contribution in [-0.4, -0.2) is 10.8 Å². The van der Waals surface area contributed by atoms with Crippen LogP contribution in [0.5, 0.6) is 5.75 Å². The van der Waals surface area contributed by atoms with E-state index in [1.807, 2.05) is 73.7 Å². The van der Waals surface area contributed by atoms with E-state index in [2.05, 4.69) is 5.32 Å². The van der Waals surface area contributed by atoms with Crippen molar-refractivity contribution in [2.75, 3.05) is 0 Å². The van der Waals surface area contributed by atoms with Gasteiger partial charge in [-0.25, -0.2) is 0 Å². The summed E-state index contributed by atoms with van der Waals surface area (Å²) in [5, 5.41) is 23.8. The molecule has 0 aliphatic carbocycles. The lowest BCUT2D eigenvalue weighted by Gasteiger charge is -2.13. The summed E-state index contributed by atoms with van der Waals surface area (Å²) in [6, 6.07) is 24.5. The number of nitro groups is 1. The van der Waals surface area contributed by atoms with Gasteiger partial charge in [-0.2, -0.15) is 5.26 Å². The fraction of sp³-hybridized carbons (Fsp3) is 0.120. The topological polar surface area (TPSA) is 105 Å². The highest BCUT2D eigenvalue weighted by molar-refractivity contribution is 6.01. The third-order valence-corrected chi connectivity index (χ3v) is 4.74. The maximum Gasteiger partial charge on any atom is 0.311 e. The molecular formula is C25H21N3O4. The van der Waals surface area contributed by atoms with Gasteiger partial charge in [-0.05, 0) is 35.8 Å². The van der Waals surface area contributed by atoms with Gasteiger partial charge in [0, 0.05) is 6.07 Å². The van der Waals surface area contributed by atoms with Crippen LogP contribution in [0.4, 0.5) is 5.69 Å². The SMILES string of the molecule is C[C@@H](NC(=O)/C(C#N)=C\c1ccc(OCc2ccccc2)c([N+](=O)[O-])c1)c1ccccc1. The highest BCUT2D eigenvalue weighted by Gasteiger charge is 2.18. The second-order valence-electron chi connectivity index (χ2n) is 7.03. The number of hydrogen-bond acceptors (Lipinski definition) is 5. The van der Waals surface area contributed by atoms with Crippen LogP contribution in [0.2, 0.25) is 0 Å². The number of amides is 1. The minimum atomic E-state index is -0.559. The Morgan fingerprint density at radius 1 is 1.12 bits per heavy atom. The number of nitrogens with zero attached hydrogens (tertiary/aromatic N) is 2. The number of rotatable bonds is 8. The first-order valence-electron chi connectivity index (χ1n) is 9.90. The predicted octanol–water partition coefficient (Wildman–Crippen LogP) is 4.96. The molecule has 7 nitrogen and oxygen atoms in total. The van der Waals surface area contributed by atoms with Crippen LogP contribution in [0.3, 0.4) is 0 Å².